The molecule has 100 valence electrons. The van der Waals surface area contributed by atoms with E-state index >= 15 is 0 Å². The summed E-state index contributed by atoms with van der Waals surface area (Å²) in [6.45, 7) is 8.87. The summed E-state index contributed by atoms with van der Waals surface area (Å²) in [5, 5.41) is 3.33. The van der Waals surface area contributed by atoms with Crippen LogP contribution in [0.5, 0.6) is 0 Å². The van der Waals surface area contributed by atoms with Crippen LogP contribution in [-0.4, -0.2) is 18.0 Å². The number of carbonyl (C=O) groups is 1. The fourth-order valence-corrected chi connectivity index (χ4v) is 2.77. The van der Waals surface area contributed by atoms with Gasteiger partial charge in [-0.15, -0.1) is 0 Å². The first-order chi connectivity index (χ1) is 7.86. The lowest BCUT2D eigenvalue weighted by atomic mass is 9.69. The Balaban J connectivity index is 2.38. The van der Waals surface area contributed by atoms with E-state index in [1.54, 1.807) is 0 Å². The zero-order chi connectivity index (χ0) is 13.1. The van der Waals surface area contributed by atoms with Crippen LogP contribution in [0.25, 0.3) is 0 Å². The van der Waals surface area contributed by atoms with E-state index in [-0.39, 0.29) is 11.9 Å². The minimum atomic E-state index is -0.249. The molecule has 0 saturated heterocycles. The lowest BCUT2D eigenvalue weighted by Gasteiger charge is -2.39. The molecule has 0 aliphatic heterocycles. The summed E-state index contributed by atoms with van der Waals surface area (Å²) in [5.41, 5.74) is 5.73. The maximum atomic E-state index is 11.0. The standard InChI is InChI=1S/C14H28N2O/c1-5-14(3,4)11-6-8-12(9-7-11)16-10(2)13(15)17/h10-12,16H,5-9H2,1-4H3,(H2,15,17). The molecule has 1 unspecified atom stereocenters. The van der Waals surface area contributed by atoms with Gasteiger partial charge >= 0.3 is 0 Å². The summed E-state index contributed by atoms with van der Waals surface area (Å²) in [6, 6.07) is 0.275. The van der Waals surface area contributed by atoms with Crippen molar-refractivity contribution in [2.75, 3.05) is 0 Å². The highest BCUT2D eigenvalue weighted by molar-refractivity contribution is 5.79. The number of primary amides is 1. The number of nitrogens with one attached hydrogen (secondary N) is 1. The van der Waals surface area contributed by atoms with Crippen molar-refractivity contribution in [1.29, 1.82) is 0 Å². The van der Waals surface area contributed by atoms with E-state index in [0.717, 1.165) is 5.92 Å². The molecule has 0 aromatic heterocycles. The molecule has 17 heavy (non-hydrogen) atoms. The van der Waals surface area contributed by atoms with Gasteiger partial charge in [0.25, 0.3) is 0 Å². The fraction of sp³-hybridized carbons (Fsp3) is 0.929. The molecule has 3 N–H and O–H groups in total. The van der Waals surface area contributed by atoms with Crippen LogP contribution >= 0.6 is 0 Å². The van der Waals surface area contributed by atoms with E-state index < -0.39 is 0 Å². The van der Waals surface area contributed by atoms with Gasteiger partial charge in [0.05, 0.1) is 6.04 Å². The van der Waals surface area contributed by atoms with Crippen LogP contribution in [0, 0.1) is 11.3 Å². The fourth-order valence-electron chi connectivity index (χ4n) is 2.77. The Bertz CT molecular complexity index is 255. The summed E-state index contributed by atoms with van der Waals surface area (Å²) < 4.78 is 0. The average Bonchev–Trinajstić information content (AvgIpc) is 2.29. The molecule has 0 aromatic carbocycles. The Kier molecular flexibility index (Phi) is 4.99. The zero-order valence-electron chi connectivity index (χ0n) is 11.8. The summed E-state index contributed by atoms with van der Waals surface area (Å²) in [7, 11) is 0. The van der Waals surface area contributed by atoms with Crippen LogP contribution in [0.2, 0.25) is 0 Å². The molecule has 1 atom stereocenters. The number of rotatable bonds is 5. The van der Waals surface area contributed by atoms with Gasteiger partial charge in [0.15, 0.2) is 0 Å². The highest BCUT2D eigenvalue weighted by Gasteiger charge is 2.32. The summed E-state index contributed by atoms with van der Waals surface area (Å²) in [4.78, 5) is 11.0. The minimum Gasteiger partial charge on any atom is -0.368 e. The minimum absolute atomic E-state index is 0.198. The molecule has 0 radical (unpaired) electrons. The van der Waals surface area contributed by atoms with Crippen molar-refractivity contribution in [2.24, 2.45) is 17.1 Å². The molecule has 1 aliphatic rings. The monoisotopic (exact) mass is 240 g/mol. The molecule has 1 saturated carbocycles. The van der Waals surface area contributed by atoms with Crippen molar-refractivity contribution in [3.05, 3.63) is 0 Å². The van der Waals surface area contributed by atoms with Crippen LogP contribution in [0.1, 0.15) is 59.8 Å². The normalized spacial score (nSPS) is 27.8. The first-order valence-electron chi connectivity index (χ1n) is 6.92. The molecular formula is C14H28N2O. The quantitative estimate of drug-likeness (QED) is 0.775. The van der Waals surface area contributed by atoms with E-state index in [2.05, 4.69) is 26.1 Å². The van der Waals surface area contributed by atoms with Gasteiger partial charge in [-0.2, -0.15) is 0 Å². The maximum absolute atomic E-state index is 11.0. The number of amides is 1. The third-order valence-corrected chi connectivity index (χ3v) is 4.66. The molecule has 1 rings (SSSR count). The van der Waals surface area contributed by atoms with Crippen molar-refractivity contribution in [3.63, 3.8) is 0 Å². The van der Waals surface area contributed by atoms with E-state index in [9.17, 15) is 4.79 Å². The molecule has 0 bridgehead atoms. The topological polar surface area (TPSA) is 55.1 Å². The number of hydrogen-bond acceptors (Lipinski definition) is 2. The van der Waals surface area contributed by atoms with Gasteiger partial charge in [-0.05, 0) is 43.9 Å². The van der Waals surface area contributed by atoms with Gasteiger partial charge in [0, 0.05) is 6.04 Å². The summed E-state index contributed by atoms with van der Waals surface area (Å²) >= 11 is 0. The molecule has 3 heteroatoms. The Labute approximate surface area is 106 Å². The van der Waals surface area contributed by atoms with E-state index in [1.165, 1.54) is 32.1 Å². The average molecular weight is 240 g/mol. The van der Waals surface area contributed by atoms with E-state index in [0.29, 0.717) is 11.5 Å². The van der Waals surface area contributed by atoms with Crippen LogP contribution in [0.4, 0.5) is 0 Å². The first-order valence-corrected chi connectivity index (χ1v) is 6.92. The predicted molar refractivity (Wildman–Crippen MR) is 71.6 cm³/mol. The number of nitrogens with two attached hydrogens (primary N) is 1. The van der Waals surface area contributed by atoms with Gasteiger partial charge in [0.2, 0.25) is 5.91 Å². The summed E-state index contributed by atoms with van der Waals surface area (Å²) in [5.74, 6) is 0.579. The lowest BCUT2D eigenvalue weighted by Crippen LogP contribution is -2.46. The van der Waals surface area contributed by atoms with Crippen molar-refractivity contribution in [2.45, 2.75) is 71.9 Å². The second-order valence-electron chi connectivity index (χ2n) is 6.18. The molecule has 1 aliphatic carbocycles. The molecule has 1 amide bonds. The SMILES string of the molecule is CCC(C)(C)C1CCC(NC(C)C(N)=O)CC1. The maximum Gasteiger partial charge on any atom is 0.234 e. The third kappa shape index (κ3) is 3.98. The molecule has 0 spiro atoms. The van der Waals surface area contributed by atoms with Gasteiger partial charge in [-0.25, -0.2) is 0 Å². The van der Waals surface area contributed by atoms with Crippen molar-refractivity contribution in [1.82, 2.24) is 5.32 Å². The molecule has 1 fully saturated rings. The van der Waals surface area contributed by atoms with Crippen LogP contribution in [0.15, 0.2) is 0 Å². The Morgan fingerprint density at radius 3 is 2.29 bits per heavy atom. The second kappa shape index (κ2) is 5.85. The molecular weight excluding hydrogens is 212 g/mol. The predicted octanol–water partition coefficient (Wildman–Crippen LogP) is 2.44. The van der Waals surface area contributed by atoms with Crippen LogP contribution in [-0.2, 0) is 4.79 Å². The van der Waals surface area contributed by atoms with E-state index in [1.807, 2.05) is 6.92 Å². The van der Waals surface area contributed by atoms with Crippen LogP contribution < -0.4 is 11.1 Å². The van der Waals surface area contributed by atoms with E-state index in [4.69, 9.17) is 5.73 Å². The van der Waals surface area contributed by atoms with Crippen molar-refractivity contribution in [3.8, 4) is 0 Å². The Hall–Kier alpha value is -0.570. The van der Waals surface area contributed by atoms with Crippen molar-refractivity contribution < 1.29 is 4.79 Å². The van der Waals surface area contributed by atoms with Gasteiger partial charge < -0.3 is 11.1 Å². The number of carbonyl (C=O) groups excluding carboxylic acids is 1. The largest absolute Gasteiger partial charge is 0.368 e. The highest BCUT2D eigenvalue weighted by Crippen LogP contribution is 2.40. The zero-order valence-corrected chi connectivity index (χ0v) is 11.8. The Morgan fingerprint density at radius 1 is 1.35 bits per heavy atom. The first kappa shape index (κ1) is 14.5. The number of hydrogen-bond donors (Lipinski definition) is 2. The molecule has 0 heterocycles. The third-order valence-electron chi connectivity index (χ3n) is 4.66. The second-order valence-corrected chi connectivity index (χ2v) is 6.18. The highest BCUT2D eigenvalue weighted by atomic mass is 16.1. The molecule has 0 aromatic rings. The Morgan fingerprint density at radius 2 is 1.88 bits per heavy atom. The smallest absolute Gasteiger partial charge is 0.234 e. The molecule has 3 nitrogen and oxygen atoms in total. The van der Waals surface area contributed by atoms with Crippen molar-refractivity contribution >= 4 is 5.91 Å². The van der Waals surface area contributed by atoms with Gasteiger partial charge in [-0.3, -0.25) is 4.79 Å². The summed E-state index contributed by atoms with van der Waals surface area (Å²) in [6.07, 6.45) is 6.12. The van der Waals surface area contributed by atoms with Gasteiger partial charge in [-0.1, -0.05) is 27.2 Å². The lowest BCUT2D eigenvalue weighted by molar-refractivity contribution is -0.119. The van der Waals surface area contributed by atoms with Gasteiger partial charge in [0.1, 0.15) is 0 Å². The van der Waals surface area contributed by atoms with Crippen LogP contribution in [0.3, 0.4) is 0 Å².